The number of nitrogens with zero attached hydrogens (tertiary/aromatic N) is 1. The summed E-state index contributed by atoms with van der Waals surface area (Å²) in [6.07, 6.45) is 6.64. The fourth-order valence-corrected chi connectivity index (χ4v) is 3.50. The highest BCUT2D eigenvalue weighted by atomic mass is 16.3. The van der Waals surface area contributed by atoms with Gasteiger partial charge in [-0.25, -0.2) is 0 Å². The summed E-state index contributed by atoms with van der Waals surface area (Å²) in [5, 5.41) is 2.61. The van der Waals surface area contributed by atoms with Crippen LogP contribution in [0.25, 0.3) is 6.08 Å². The lowest BCUT2D eigenvalue weighted by Gasteiger charge is -2.21. The molecule has 1 aromatic heterocycles. The third kappa shape index (κ3) is 4.19. The summed E-state index contributed by atoms with van der Waals surface area (Å²) in [4.78, 5) is 26.3. The minimum atomic E-state index is -0.108. The quantitative estimate of drug-likeness (QED) is 0.742. The van der Waals surface area contributed by atoms with Crippen molar-refractivity contribution in [2.24, 2.45) is 5.92 Å². The molecule has 4 rings (SSSR count). The molecule has 1 aromatic carbocycles. The number of hydrogen-bond donors (Lipinski definition) is 1. The van der Waals surface area contributed by atoms with Crippen LogP contribution in [0.3, 0.4) is 0 Å². The number of hydrogen-bond acceptors (Lipinski definition) is 3. The van der Waals surface area contributed by atoms with Gasteiger partial charge in [0.1, 0.15) is 11.5 Å². The molecule has 2 saturated carbocycles. The van der Waals surface area contributed by atoms with Gasteiger partial charge in [-0.2, -0.15) is 0 Å². The lowest BCUT2D eigenvalue weighted by molar-refractivity contribution is -0.127. The van der Waals surface area contributed by atoms with E-state index in [1.165, 1.54) is 6.42 Å². The van der Waals surface area contributed by atoms with Gasteiger partial charge in [-0.1, -0.05) is 19.1 Å². The lowest BCUT2D eigenvalue weighted by atomic mass is 10.1. The topological polar surface area (TPSA) is 62.6 Å². The first-order chi connectivity index (χ1) is 13.5. The van der Waals surface area contributed by atoms with Crippen LogP contribution in [0.15, 0.2) is 46.9 Å². The number of rotatable bonds is 7. The van der Waals surface area contributed by atoms with Gasteiger partial charge < -0.3 is 14.6 Å². The van der Waals surface area contributed by atoms with Crippen LogP contribution >= 0.6 is 0 Å². The Hall–Kier alpha value is -2.82. The number of nitrogens with one attached hydrogen (secondary N) is 1. The van der Waals surface area contributed by atoms with E-state index in [1.807, 2.05) is 29.2 Å². The number of furan rings is 1. The molecule has 0 saturated heterocycles. The fraction of sp³-hybridized carbons (Fsp3) is 0.391. The molecule has 0 bridgehead atoms. The van der Waals surface area contributed by atoms with Crippen LogP contribution in [0, 0.1) is 5.92 Å². The van der Waals surface area contributed by atoms with Crippen molar-refractivity contribution in [3.8, 4) is 0 Å². The second-order valence-corrected chi connectivity index (χ2v) is 7.87. The average Bonchev–Trinajstić information content (AvgIpc) is 3.63. The van der Waals surface area contributed by atoms with E-state index in [1.54, 1.807) is 31.3 Å². The Morgan fingerprint density at radius 2 is 1.89 bits per heavy atom. The molecule has 5 nitrogen and oxygen atoms in total. The van der Waals surface area contributed by atoms with E-state index in [0.29, 0.717) is 30.0 Å². The van der Waals surface area contributed by atoms with E-state index in [4.69, 9.17) is 4.42 Å². The lowest BCUT2D eigenvalue weighted by Crippen LogP contribution is -2.31. The number of amides is 2. The van der Waals surface area contributed by atoms with Gasteiger partial charge in [0, 0.05) is 37.2 Å². The van der Waals surface area contributed by atoms with Crippen molar-refractivity contribution in [3.63, 3.8) is 0 Å². The molecular formula is C23H26N2O3. The minimum absolute atomic E-state index is 0.00406. The van der Waals surface area contributed by atoms with Crippen LogP contribution in [0.2, 0.25) is 0 Å². The highest BCUT2D eigenvalue weighted by Gasteiger charge is 2.36. The third-order valence-electron chi connectivity index (χ3n) is 5.58. The minimum Gasteiger partial charge on any atom is -0.461 e. The summed E-state index contributed by atoms with van der Waals surface area (Å²) in [5.74, 6) is 2.88. The Balaban J connectivity index is 1.40. The fourth-order valence-electron chi connectivity index (χ4n) is 3.50. The van der Waals surface area contributed by atoms with Crippen molar-refractivity contribution < 1.29 is 14.0 Å². The molecular weight excluding hydrogens is 352 g/mol. The summed E-state index contributed by atoms with van der Waals surface area (Å²) in [5.41, 5.74) is 1.64. The van der Waals surface area contributed by atoms with Crippen LogP contribution in [0.5, 0.6) is 0 Å². The van der Waals surface area contributed by atoms with Crippen molar-refractivity contribution in [3.05, 3.63) is 65.1 Å². The number of benzene rings is 1. The van der Waals surface area contributed by atoms with Crippen molar-refractivity contribution in [1.29, 1.82) is 0 Å². The highest BCUT2D eigenvalue weighted by molar-refractivity contribution is 5.94. The molecule has 2 aliphatic rings. The van der Waals surface area contributed by atoms with Crippen molar-refractivity contribution in [2.45, 2.75) is 44.7 Å². The number of carbonyl (C=O) groups is 2. The monoisotopic (exact) mass is 378 g/mol. The van der Waals surface area contributed by atoms with Gasteiger partial charge in [0.25, 0.3) is 5.91 Å². The maximum absolute atomic E-state index is 12.8. The first kappa shape index (κ1) is 18.5. The summed E-state index contributed by atoms with van der Waals surface area (Å²) in [6, 6.07) is 11.7. The zero-order chi connectivity index (χ0) is 19.7. The molecule has 2 atom stereocenters. The van der Waals surface area contributed by atoms with Gasteiger partial charge in [0.15, 0.2) is 0 Å². The molecule has 146 valence electrons. The molecule has 2 amide bonds. The molecule has 1 heterocycles. The SMILES string of the molecule is CNC(=O)c1ccc(CN(C(=O)/C=C/c2ccc(C3CC3C)o2)C2CC2)cc1. The van der Waals surface area contributed by atoms with E-state index in [2.05, 4.69) is 12.2 Å². The molecule has 2 aliphatic carbocycles. The zero-order valence-electron chi connectivity index (χ0n) is 16.4. The van der Waals surface area contributed by atoms with Gasteiger partial charge >= 0.3 is 0 Å². The van der Waals surface area contributed by atoms with Gasteiger partial charge in [-0.05, 0) is 61.1 Å². The molecule has 5 heteroatoms. The van der Waals surface area contributed by atoms with Crippen LogP contribution < -0.4 is 5.32 Å². The van der Waals surface area contributed by atoms with E-state index < -0.39 is 0 Å². The average molecular weight is 378 g/mol. The maximum atomic E-state index is 12.8. The van der Waals surface area contributed by atoms with E-state index in [9.17, 15) is 9.59 Å². The largest absolute Gasteiger partial charge is 0.461 e. The Bertz CT molecular complexity index is 893. The smallest absolute Gasteiger partial charge is 0.251 e. The van der Waals surface area contributed by atoms with Gasteiger partial charge in [0.2, 0.25) is 5.91 Å². The second kappa shape index (κ2) is 7.66. The molecule has 2 fully saturated rings. The Morgan fingerprint density at radius 3 is 2.50 bits per heavy atom. The molecule has 28 heavy (non-hydrogen) atoms. The molecule has 0 aliphatic heterocycles. The molecule has 0 spiro atoms. The van der Waals surface area contributed by atoms with Gasteiger partial charge in [0.05, 0.1) is 0 Å². The molecule has 2 aromatic rings. The Morgan fingerprint density at radius 1 is 1.18 bits per heavy atom. The Kier molecular flexibility index (Phi) is 5.07. The summed E-state index contributed by atoms with van der Waals surface area (Å²) < 4.78 is 5.85. The van der Waals surface area contributed by atoms with Crippen molar-refractivity contribution in [1.82, 2.24) is 10.2 Å². The third-order valence-corrected chi connectivity index (χ3v) is 5.58. The normalized spacial score (nSPS) is 20.9. The van der Waals surface area contributed by atoms with Crippen LogP contribution in [-0.4, -0.2) is 29.8 Å². The number of carbonyl (C=O) groups excluding carboxylic acids is 2. The van der Waals surface area contributed by atoms with Crippen LogP contribution in [0.4, 0.5) is 0 Å². The molecule has 2 unspecified atom stereocenters. The highest BCUT2D eigenvalue weighted by Crippen LogP contribution is 2.47. The van der Waals surface area contributed by atoms with Crippen LogP contribution in [-0.2, 0) is 11.3 Å². The summed E-state index contributed by atoms with van der Waals surface area (Å²) in [7, 11) is 1.61. The predicted octanol–water partition coefficient (Wildman–Crippen LogP) is 3.97. The summed E-state index contributed by atoms with van der Waals surface area (Å²) in [6.45, 7) is 2.77. The second-order valence-electron chi connectivity index (χ2n) is 7.87. The molecule has 1 N–H and O–H groups in total. The van der Waals surface area contributed by atoms with Gasteiger partial charge in [-0.3, -0.25) is 9.59 Å². The van der Waals surface area contributed by atoms with Crippen molar-refractivity contribution >= 4 is 17.9 Å². The summed E-state index contributed by atoms with van der Waals surface area (Å²) >= 11 is 0. The zero-order valence-corrected chi connectivity index (χ0v) is 16.4. The van der Waals surface area contributed by atoms with E-state index in [0.717, 1.165) is 29.9 Å². The molecule has 0 radical (unpaired) electrons. The van der Waals surface area contributed by atoms with Crippen LogP contribution in [0.1, 0.15) is 59.5 Å². The maximum Gasteiger partial charge on any atom is 0.251 e. The first-order valence-corrected chi connectivity index (χ1v) is 9.94. The first-order valence-electron chi connectivity index (χ1n) is 9.94. The Labute approximate surface area is 165 Å². The van der Waals surface area contributed by atoms with Gasteiger partial charge in [-0.15, -0.1) is 0 Å². The standard InChI is InChI=1S/C23H26N2O3/c1-15-13-20(15)21-11-9-19(28-21)10-12-22(26)25(18-7-8-18)14-16-3-5-17(6-4-16)23(27)24-2/h3-6,9-12,15,18,20H,7-8,13-14H2,1-2H3,(H,24,27)/b12-10+. The van der Waals surface area contributed by atoms with Crippen molar-refractivity contribution in [2.75, 3.05) is 7.05 Å². The van der Waals surface area contributed by atoms with E-state index >= 15 is 0 Å². The van der Waals surface area contributed by atoms with E-state index in [-0.39, 0.29) is 11.8 Å². The predicted molar refractivity (Wildman–Crippen MR) is 108 cm³/mol.